The fourth-order valence-electron chi connectivity index (χ4n) is 2.88. The van der Waals surface area contributed by atoms with E-state index in [1.54, 1.807) is 24.3 Å². The molecule has 3 heterocycles. The average Bonchev–Trinajstić information content (AvgIpc) is 3.34. The highest BCUT2D eigenvalue weighted by atomic mass is 35.5. The van der Waals surface area contributed by atoms with Crippen LogP contribution in [0.3, 0.4) is 0 Å². The van der Waals surface area contributed by atoms with Crippen molar-refractivity contribution in [3.63, 3.8) is 0 Å². The molecule has 0 spiro atoms. The van der Waals surface area contributed by atoms with E-state index < -0.39 is 23.3 Å². The minimum absolute atomic E-state index is 0.00337. The molecule has 0 amide bonds. The van der Waals surface area contributed by atoms with Crippen LogP contribution in [0.25, 0.3) is 11.5 Å². The highest BCUT2D eigenvalue weighted by Gasteiger charge is 2.23. The van der Waals surface area contributed by atoms with Crippen LogP contribution in [0.1, 0.15) is 25.0 Å². The molecule has 10 heteroatoms. The molecular weight excluding hydrogens is 379 g/mol. The molecule has 0 bridgehead atoms. The van der Waals surface area contributed by atoms with Crippen LogP contribution in [0, 0.1) is 5.82 Å². The van der Waals surface area contributed by atoms with Crippen molar-refractivity contribution in [2.75, 3.05) is 6.61 Å². The molecule has 1 atom stereocenters. The monoisotopic (exact) mass is 392 g/mol. The lowest BCUT2D eigenvalue weighted by molar-refractivity contribution is 0.0503. The van der Waals surface area contributed by atoms with Crippen LogP contribution < -0.4 is 11.2 Å². The van der Waals surface area contributed by atoms with Crippen LogP contribution in [-0.4, -0.2) is 25.9 Å². The summed E-state index contributed by atoms with van der Waals surface area (Å²) in [5.74, 6) is -0.850. The smallest absolute Gasteiger partial charge is 0.333 e. The summed E-state index contributed by atoms with van der Waals surface area (Å²) in [4.78, 5) is 24.7. The van der Waals surface area contributed by atoms with Crippen LogP contribution in [-0.2, 0) is 11.3 Å². The number of rotatable bonds is 4. The van der Waals surface area contributed by atoms with E-state index in [0.717, 1.165) is 21.8 Å². The van der Waals surface area contributed by atoms with Crippen LogP contribution >= 0.6 is 11.6 Å². The Morgan fingerprint density at radius 1 is 1.22 bits per heavy atom. The van der Waals surface area contributed by atoms with Crippen molar-refractivity contribution >= 4 is 11.6 Å². The molecule has 0 radical (unpaired) electrons. The van der Waals surface area contributed by atoms with Gasteiger partial charge in [0, 0.05) is 17.2 Å². The van der Waals surface area contributed by atoms with E-state index in [-0.39, 0.29) is 18.3 Å². The summed E-state index contributed by atoms with van der Waals surface area (Å²) in [5, 5.41) is 8.28. The van der Waals surface area contributed by atoms with Gasteiger partial charge in [-0.2, -0.15) is 4.39 Å². The highest BCUT2D eigenvalue weighted by Crippen LogP contribution is 2.21. The standard InChI is InChI=1S/C17H14ClFN4O4/c18-11-5-3-10(4-6-11)15-21-20-13(27-15)9-23-16(24)12(19)8-22(17(23)25)14-2-1-7-26-14/h3-6,8,14H,1-2,7,9H2/t14-/m1/s1. The van der Waals surface area contributed by atoms with Gasteiger partial charge in [0.05, 0.1) is 6.20 Å². The Kier molecular flexibility index (Phi) is 4.63. The van der Waals surface area contributed by atoms with Gasteiger partial charge in [-0.15, -0.1) is 10.2 Å². The van der Waals surface area contributed by atoms with Crippen molar-refractivity contribution < 1.29 is 13.5 Å². The summed E-state index contributed by atoms with van der Waals surface area (Å²) in [6.45, 7) is 0.134. The quantitative estimate of drug-likeness (QED) is 0.676. The molecule has 4 rings (SSSR count). The van der Waals surface area contributed by atoms with Crippen LogP contribution in [0.2, 0.25) is 5.02 Å². The third-order valence-corrected chi connectivity index (χ3v) is 4.47. The molecule has 0 aliphatic carbocycles. The molecule has 1 aromatic carbocycles. The SMILES string of the molecule is O=c1c(F)cn([C@H]2CCCO2)c(=O)n1Cc1nnc(-c2ccc(Cl)cc2)o1. The number of aromatic nitrogens is 4. The summed E-state index contributed by atoms with van der Waals surface area (Å²) in [6.07, 6.45) is 1.61. The molecule has 2 aromatic heterocycles. The van der Waals surface area contributed by atoms with Gasteiger partial charge >= 0.3 is 5.69 Å². The summed E-state index contributed by atoms with van der Waals surface area (Å²) in [5.41, 5.74) is -1.12. The topological polar surface area (TPSA) is 92.2 Å². The van der Waals surface area contributed by atoms with Gasteiger partial charge in [-0.05, 0) is 37.1 Å². The van der Waals surface area contributed by atoms with Crippen molar-refractivity contribution in [1.29, 1.82) is 0 Å². The lowest BCUT2D eigenvalue weighted by Crippen LogP contribution is -2.42. The Balaban J connectivity index is 1.67. The minimum atomic E-state index is -1.06. The zero-order valence-electron chi connectivity index (χ0n) is 14.0. The molecular formula is C17H14ClFN4O4. The Bertz CT molecular complexity index is 1080. The number of hydrogen-bond acceptors (Lipinski definition) is 6. The molecule has 0 unspecified atom stereocenters. The molecule has 1 saturated heterocycles. The minimum Gasteiger partial charge on any atom is -0.419 e. The van der Waals surface area contributed by atoms with E-state index >= 15 is 0 Å². The normalized spacial score (nSPS) is 16.7. The van der Waals surface area contributed by atoms with Gasteiger partial charge in [0.2, 0.25) is 17.6 Å². The molecule has 1 fully saturated rings. The van der Waals surface area contributed by atoms with Gasteiger partial charge in [-0.1, -0.05) is 11.6 Å². The second-order valence-electron chi connectivity index (χ2n) is 6.03. The average molecular weight is 393 g/mol. The molecule has 1 aliphatic rings. The molecule has 0 N–H and O–H groups in total. The predicted octanol–water partition coefficient (Wildman–Crippen LogP) is 2.21. The Labute approximate surface area is 156 Å². The van der Waals surface area contributed by atoms with Crippen LogP contribution in [0.15, 0.2) is 44.5 Å². The Hall–Kier alpha value is -2.78. The molecule has 27 heavy (non-hydrogen) atoms. The van der Waals surface area contributed by atoms with E-state index in [4.69, 9.17) is 20.8 Å². The van der Waals surface area contributed by atoms with Crippen molar-refractivity contribution in [3.05, 3.63) is 68.0 Å². The molecule has 1 aliphatic heterocycles. The van der Waals surface area contributed by atoms with Gasteiger partial charge in [0.15, 0.2) is 0 Å². The predicted molar refractivity (Wildman–Crippen MR) is 93.0 cm³/mol. The zero-order chi connectivity index (χ0) is 19.0. The van der Waals surface area contributed by atoms with Crippen molar-refractivity contribution in [3.8, 4) is 11.5 Å². The zero-order valence-corrected chi connectivity index (χ0v) is 14.7. The van der Waals surface area contributed by atoms with Gasteiger partial charge in [0.25, 0.3) is 5.56 Å². The fraction of sp³-hybridized carbons (Fsp3) is 0.294. The van der Waals surface area contributed by atoms with E-state index in [9.17, 15) is 14.0 Å². The number of nitrogens with zero attached hydrogens (tertiary/aromatic N) is 4. The molecule has 140 valence electrons. The molecule has 8 nitrogen and oxygen atoms in total. The van der Waals surface area contributed by atoms with E-state index in [0.29, 0.717) is 23.6 Å². The lowest BCUT2D eigenvalue weighted by Gasteiger charge is -2.14. The third-order valence-electron chi connectivity index (χ3n) is 4.22. The summed E-state index contributed by atoms with van der Waals surface area (Å²) >= 11 is 5.84. The Morgan fingerprint density at radius 2 is 2.00 bits per heavy atom. The first-order chi connectivity index (χ1) is 13.0. The van der Waals surface area contributed by atoms with E-state index in [1.165, 1.54) is 0 Å². The van der Waals surface area contributed by atoms with Gasteiger partial charge < -0.3 is 9.15 Å². The summed E-state index contributed by atoms with van der Waals surface area (Å²) in [6, 6.07) is 6.72. The molecule has 0 saturated carbocycles. The number of benzene rings is 1. The van der Waals surface area contributed by atoms with Crippen LogP contribution in [0.4, 0.5) is 4.39 Å². The largest absolute Gasteiger partial charge is 0.419 e. The number of hydrogen-bond donors (Lipinski definition) is 0. The summed E-state index contributed by atoms with van der Waals surface area (Å²) in [7, 11) is 0. The van der Waals surface area contributed by atoms with E-state index in [2.05, 4.69) is 10.2 Å². The maximum Gasteiger partial charge on any atom is 0.333 e. The van der Waals surface area contributed by atoms with Gasteiger partial charge in [0.1, 0.15) is 12.8 Å². The first-order valence-electron chi connectivity index (χ1n) is 8.24. The number of ether oxygens (including phenoxy) is 1. The second kappa shape index (κ2) is 7.09. The van der Waals surface area contributed by atoms with Crippen LogP contribution in [0.5, 0.6) is 0 Å². The fourth-order valence-corrected chi connectivity index (χ4v) is 3.00. The van der Waals surface area contributed by atoms with E-state index in [1.807, 2.05) is 0 Å². The van der Waals surface area contributed by atoms with Gasteiger partial charge in [-0.3, -0.25) is 9.36 Å². The second-order valence-corrected chi connectivity index (χ2v) is 6.47. The maximum absolute atomic E-state index is 14.1. The highest BCUT2D eigenvalue weighted by molar-refractivity contribution is 6.30. The third kappa shape index (κ3) is 3.43. The maximum atomic E-state index is 14.1. The molecule has 3 aromatic rings. The van der Waals surface area contributed by atoms with Crippen molar-refractivity contribution in [2.45, 2.75) is 25.6 Å². The first-order valence-corrected chi connectivity index (χ1v) is 8.62. The summed E-state index contributed by atoms with van der Waals surface area (Å²) < 4.78 is 26.8. The Morgan fingerprint density at radius 3 is 2.70 bits per heavy atom. The van der Waals surface area contributed by atoms with Crippen molar-refractivity contribution in [1.82, 2.24) is 19.3 Å². The lowest BCUT2D eigenvalue weighted by atomic mass is 10.2. The number of halogens is 2. The van der Waals surface area contributed by atoms with Crippen molar-refractivity contribution in [2.24, 2.45) is 0 Å². The first kappa shape index (κ1) is 17.6. The van der Waals surface area contributed by atoms with Gasteiger partial charge in [-0.25, -0.2) is 9.36 Å².